The Morgan fingerprint density at radius 3 is 2.14 bits per heavy atom. The molecule has 0 saturated carbocycles. The lowest BCUT2D eigenvalue weighted by molar-refractivity contribution is -0.181. The third-order valence-corrected chi connectivity index (χ3v) is 3.27. The van der Waals surface area contributed by atoms with E-state index in [1.165, 1.54) is 0 Å². The van der Waals surface area contributed by atoms with Crippen molar-refractivity contribution < 1.29 is 18.0 Å². The van der Waals surface area contributed by atoms with E-state index < -0.39 is 17.9 Å². The van der Waals surface area contributed by atoms with Crippen LogP contribution in [0.15, 0.2) is 0 Å². The van der Waals surface area contributed by atoms with E-state index in [4.69, 9.17) is 0 Å². The Morgan fingerprint density at radius 2 is 1.79 bits per heavy atom. The molecule has 0 aromatic carbocycles. The molecule has 2 bridgehead atoms. The van der Waals surface area contributed by atoms with Gasteiger partial charge >= 0.3 is 6.18 Å². The van der Waals surface area contributed by atoms with Crippen molar-refractivity contribution in [3.63, 3.8) is 0 Å². The second-order valence-corrected chi connectivity index (χ2v) is 4.11. The molecule has 0 aromatic heterocycles. The first-order chi connectivity index (χ1) is 6.48. The van der Waals surface area contributed by atoms with Crippen molar-refractivity contribution in [1.29, 1.82) is 0 Å². The quantitative estimate of drug-likeness (QED) is 0.648. The molecule has 80 valence electrons. The van der Waals surface area contributed by atoms with E-state index in [0.717, 1.165) is 25.9 Å². The molecule has 3 aliphatic rings. The Hall–Kier alpha value is -0.580. The van der Waals surface area contributed by atoms with Crippen molar-refractivity contribution in [2.75, 3.05) is 19.6 Å². The second kappa shape index (κ2) is 3.22. The highest BCUT2D eigenvalue weighted by Gasteiger charge is 2.49. The number of Topliss-reactive ketones (excluding diaryl/α,β-unsaturated/α-hetero) is 1. The summed E-state index contributed by atoms with van der Waals surface area (Å²) in [6.07, 6.45) is -3.16. The van der Waals surface area contributed by atoms with Gasteiger partial charge in [0.15, 0.2) is 0 Å². The normalized spacial score (nSPS) is 37.2. The van der Waals surface area contributed by atoms with E-state index in [-0.39, 0.29) is 5.92 Å². The predicted molar refractivity (Wildman–Crippen MR) is 43.7 cm³/mol. The third-order valence-electron chi connectivity index (χ3n) is 3.27. The first-order valence-electron chi connectivity index (χ1n) is 4.82. The molecule has 3 heterocycles. The van der Waals surface area contributed by atoms with Crippen molar-refractivity contribution in [3.8, 4) is 0 Å². The second-order valence-electron chi connectivity index (χ2n) is 4.11. The maximum atomic E-state index is 12.2. The number of carbonyl (C=O) groups is 1. The maximum Gasteiger partial charge on any atom is 0.450 e. The van der Waals surface area contributed by atoms with Crippen molar-refractivity contribution in [1.82, 2.24) is 4.90 Å². The Labute approximate surface area is 80.1 Å². The van der Waals surface area contributed by atoms with Gasteiger partial charge in [0.1, 0.15) is 0 Å². The van der Waals surface area contributed by atoms with Crippen molar-refractivity contribution >= 4 is 5.78 Å². The fraction of sp³-hybridized carbons (Fsp3) is 0.889. The minimum absolute atomic E-state index is 0.0332. The third kappa shape index (κ3) is 1.65. The number of ketones is 1. The van der Waals surface area contributed by atoms with Gasteiger partial charge in [-0.1, -0.05) is 0 Å². The summed E-state index contributed by atoms with van der Waals surface area (Å²) in [7, 11) is 0. The fourth-order valence-corrected chi connectivity index (χ4v) is 2.47. The van der Waals surface area contributed by atoms with Crippen LogP contribution in [-0.2, 0) is 4.79 Å². The van der Waals surface area contributed by atoms with Crippen LogP contribution in [0.25, 0.3) is 0 Å². The summed E-state index contributed by atoms with van der Waals surface area (Å²) in [6, 6.07) is 0. The van der Waals surface area contributed by atoms with E-state index >= 15 is 0 Å². The van der Waals surface area contributed by atoms with Gasteiger partial charge in [0.2, 0.25) is 5.78 Å². The molecule has 2 nitrogen and oxygen atoms in total. The van der Waals surface area contributed by atoms with Gasteiger partial charge in [-0.15, -0.1) is 0 Å². The van der Waals surface area contributed by atoms with Gasteiger partial charge in [0, 0.05) is 12.5 Å². The monoisotopic (exact) mass is 207 g/mol. The molecule has 3 aliphatic heterocycles. The lowest BCUT2D eigenvalue weighted by Gasteiger charge is -2.44. The van der Waals surface area contributed by atoms with E-state index in [0.29, 0.717) is 6.54 Å². The number of carbonyl (C=O) groups excluding carboxylic acids is 1. The summed E-state index contributed by atoms with van der Waals surface area (Å²) >= 11 is 0. The van der Waals surface area contributed by atoms with Crippen LogP contribution in [0.1, 0.15) is 12.8 Å². The molecular weight excluding hydrogens is 195 g/mol. The minimum atomic E-state index is -4.65. The summed E-state index contributed by atoms with van der Waals surface area (Å²) < 4.78 is 36.6. The Bertz CT molecular complexity index is 243. The highest BCUT2D eigenvalue weighted by atomic mass is 19.4. The number of rotatable bonds is 1. The van der Waals surface area contributed by atoms with E-state index in [9.17, 15) is 18.0 Å². The predicted octanol–water partition coefficient (Wildman–Crippen LogP) is 1.46. The van der Waals surface area contributed by atoms with Gasteiger partial charge in [-0.25, -0.2) is 0 Å². The lowest BCUT2D eigenvalue weighted by atomic mass is 9.77. The van der Waals surface area contributed by atoms with Gasteiger partial charge in [-0.05, 0) is 31.8 Å². The molecule has 3 saturated heterocycles. The summed E-state index contributed by atoms with van der Waals surface area (Å²) in [5.74, 6) is -2.35. The number of alkyl halides is 3. The topological polar surface area (TPSA) is 20.3 Å². The molecule has 1 unspecified atom stereocenters. The standard InChI is InChI=1S/C9H12F3NO/c10-9(11,12)8(14)7-5-13-3-1-6(7)2-4-13/h6-7H,1-5H2. The number of piperidine rings is 3. The molecule has 0 spiro atoms. The molecule has 14 heavy (non-hydrogen) atoms. The Morgan fingerprint density at radius 1 is 1.21 bits per heavy atom. The molecule has 0 radical (unpaired) electrons. The molecule has 0 aromatic rings. The first kappa shape index (κ1) is 9.96. The van der Waals surface area contributed by atoms with Crippen LogP contribution >= 0.6 is 0 Å². The summed E-state index contributed by atoms with van der Waals surface area (Å²) in [6.45, 7) is 2.02. The molecule has 1 atom stereocenters. The SMILES string of the molecule is O=C(C1CN2CCC1CC2)C(F)(F)F. The van der Waals surface area contributed by atoms with Gasteiger partial charge in [-0.3, -0.25) is 4.79 Å². The van der Waals surface area contributed by atoms with Gasteiger partial charge < -0.3 is 4.90 Å². The number of hydrogen-bond acceptors (Lipinski definition) is 2. The molecule has 0 N–H and O–H groups in total. The van der Waals surface area contributed by atoms with Gasteiger partial charge in [-0.2, -0.15) is 13.2 Å². The Kier molecular flexibility index (Phi) is 2.29. The van der Waals surface area contributed by atoms with E-state index in [1.54, 1.807) is 0 Å². The minimum Gasteiger partial charge on any atom is -0.303 e. The average Bonchev–Trinajstić information content (AvgIpc) is 2.17. The molecule has 5 heteroatoms. The van der Waals surface area contributed by atoms with E-state index in [1.807, 2.05) is 4.90 Å². The average molecular weight is 207 g/mol. The number of fused-ring (bicyclic) bond motifs is 3. The van der Waals surface area contributed by atoms with Crippen molar-refractivity contribution in [3.05, 3.63) is 0 Å². The highest BCUT2D eigenvalue weighted by molar-refractivity contribution is 5.87. The smallest absolute Gasteiger partial charge is 0.303 e. The van der Waals surface area contributed by atoms with Crippen molar-refractivity contribution in [2.45, 2.75) is 19.0 Å². The molecule has 3 rings (SSSR count). The largest absolute Gasteiger partial charge is 0.450 e. The zero-order chi connectivity index (χ0) is 10.3. The van der Waals surface area contributed by atoms with Gasteiger partial charge in [0.05, 0.1) is 0 Å². The fourth-order valence-electron chi connectivity index (χ4n) is 2.47. The van der Waals surface area contributed by atoms with Crippen LogP contribution < -0.4 is 0 Å². The summed E-state index contributed by atoms with van der Waals surface area (Å²) in [5.41, 5.74) is 0. The lowest BCUT2D eigenvalue weighted by Crippen LogP contribution is -2.52. The number of nitrogens with zero attached hydrogens (tertiary/aromatic N) is 1. The van der Waals surface area contributed by atoms with Crippen LogP contribution in [0.2, 0.25) is 0 Å². The maximum absolute atomic E-state index is 12.2. The molecular formula is C9H12F3NO. The van der Waals surface area contributed by atoms with Crippen LogP contribution in [0.4, 0.5) is 13.2 Å². The number of hydrogen-bond donors (Lipinski definition) is 0. The highest BCUT2D eigenvalue weighted by Crippen LogP contribution is 2.36. The van der Waals surface area contributed by atoms with Crippen molar-refractivity contribution in [2.24, 2.45) is 11.8 Å². The number of halogens is 3. The van der Waals surface area contributed by atoms with Crippen LogP contribution in [0.3, 0.4) is 0 Å². The summed E-state index contributed by atoms with van der Waals surface area (Å²) in [4.78, 5) is 13.0. The Balaban J connectivity index is 2.09. The molecule has 0 amide bonds. The first-order valence-corrected chi connectivity index (χ1v) is 4.82. The zero-order valence-electron chi connectivity index (χ0n) is 7.68. The molecule has 0 aliphatic carbocycles. The van der Waals surface area contributed by atoms with Gasteiger partial charge in [0.25, 0.3) is 0 Å². The zero-order valence-corrected chi connectivity index (χ0v) is 7.68. The van der Waals surface area contributed by atoms with Crippen LogP contribution in [0.5, 0.6) is 0 Å². The van der Waals surface area contributed by atoms with Crippen LogP contribution in [0, 0.1) is 11.8 Å². The molecule has 3 fully saturated rings. The summed E-state index contributed by atoms with van der Waals surface area (Å²) in [5, 5.41) is 0. The van der Waals surface area contributed by atoms with E-state index in [2.05, 4.69) is 0 Å². The van der Waals surface area contributed by atoms with Crippen LogP contribution in [-0.4, -0.2) is 36.5 Å².